The number of rotatable bonds is 5. The highest BCUT2D eigenvalue weighted by Gasteiger charge is 2.06. The van der Waals surface area contributed by atoms with Crippen molar-refractivity contribution in [1.29, 1.82) is 0 Å². The number of halogens is 1. The summed E-state index contributed by atoms with van der Waals surface area (Å²) >= 11 is 0. The summed E-state index contributed by atoms with van der Waals surface area (Å²) in [5, 5.41) is 6.96. The maximum absolute atomic E-state index is 13.5. The van der Waals surface area contributed by atoms with Crippen molar-refractivity contribution < 1.29 is 9.18 Å². The Bertz CT molecular complexity index is 826. The molecule has 24 heavy (non-hydrogen) atoms. The van der Waals surface area contributed by atoms with Gasteiger partial charge in [0.05, 0.1) is 6.54 Å². The number of nitrogens with one attached hydrogen (secondary N) is 1. The molecule has 4 nitrogen and oxygen atoms in total. The van der Waals surface area contributed by atoms with Crippen molar-refractivity contribution in [1.82, 2.24) is 15.1 Å². The summed E-state index contributed by atoms with van der Waals surface area (Å²) in [5.74, 6) is -0.439. The van der Waals surface area contributed by atoms with Crippen molar-refractivity contribution in [3.8, 4) is 0 Å². The van der Waals surface area contributed by atoms with Gasteiger partial charge in [-0.15, -0.1) is 0 Å². The third-order valence-electron chi connectivity index (χ3n) is 3.81. The molecule has 1 amide bonds. The van der Waals surface area contributed by atoms with E-state index in [9.17, 15) is 9.18 Å². The normalized spacial score (nSPS) is 10.6. The van der Waals surface area contributed by atoms with Crippen LogP contribution in [-0.4, -0.2) is 15.7 Å². The van der Waals surface area contributed by atoms with E-state index in [0.29, 0.717) is 24.2 Å². The largest absolute Gasteiger partial charge is 0.348 e. The Hall–Kier alpha value is -2.95. The molecule has 0 saturated carbocycles. The highest BCUT2D eigenvalue weighted by Crippen LogP contribution is 2.10. The predicted octanol–water partition coefficient (Wildman–Crippen LogP) is 3.31. The lowest BCUT2D eigenvalue weighted by molar-refractivity contribution is 0.0951. The summed E-state index contributed by atoms with van der Waals surface area (Å²) in [6.45, 7) is 2.67. The first-order valence-electron chi connectivity index (χ1n) is 7.71. The number of carbonyl (C=O) groups excluding carboxylic acids is 1. The Kier molecular flexibility index (Phi) is 4.70. The van der Waals surface area contributed by atoms with Gasteiger partial charge >= 0.3 is 0 Å². The second kappa shape index (κ2) is 7.08. The number of hydrogen-bond donors (Lipinski definition) is 1. The molecule has 1 aromatic heterocycles. The summed E-state index contributed by atoms with van der Waals surface area (Å²) in [5.41, 5.74) is 2.97. The molecule has 0 atom stereocenters. The third kappa shape index (κ3) is 3.87. The number of aryl methyl sites for hydroxylation is 1. The van der Waals surface area contributed by atoms with E-state index in [4.69, 9.17) is 0 Å². The van der Waals surface area contributed by atoms with Gasteiger partial charge in [0.25, 0.3) is 5.91 Å². The molecule has 0 aliphatic rings. The van der Waals surface area contributed by atoms with Gasteiger partial charge in [0.15, 0.2) is 0 Å². The summed E-state index contributed by atoms with van der Waals surface area (Å²) in [4.78, 5) is 12.2. The van der Waals surface area contributed by atoms with Gasteiger partial charge in [-0.25, -0.2) is 4.39 Å². The Labute approximate surface area is 139 Å². The van der Waals surface area contributed by atoms with E-state index in [0.717, 1.165) is 11.1 Å². The standard InChI is InChI=1S/C19H18FN3O/c1-14-3-4-16(11-18(14)20)12-21-19(24)17-7-5-15(6-8-17)13-23-10-2-9-22-23/h2-11H,12-13H2,1H3,(H,21,24). The van der Waals surface area contributed by atoms with Gasteiger partial charge < -0.3 is 5.32 Å². The second-order valence-corrected chi connectivity index (χ2v) is 5.67. The quantitative estimate of drug-likeness (QED) is 0.783. The zero-order chi connectivity index (χ0) is 16.9. The smallest absolute Gasteiger partial charge is 0.251 e. The van der Waals surface area contributed by atoms with Crippen LogP contribution in [0.1, 0.15) is 27.0 Å². The van der Waals surface area contributed by atoms with E-state index in [1.807, 2.05) is 35.1 Å². The van der Waals surface area contributed by atoms with Crippen LogP contribution in [0.5, 0.6) is 0 Å². The summed E-state index contributed by atoms with van der Waals surface area (Å²) < 4.78 is 15.3. The Morgan fingerprint density at radius 2 is 1.92 bits per heavy atom. The van der Waals surface area contributed by atoms with Gasteiger partial charge in [-0.05, 0) is 47.9 Å². The topological polar surface area (TPSA) is 46.9 Å². The van der Waals surface area contributed by atoms with Crippen LogP contribution in [0, 0.1) is 12.7 Å². The molecular weight excluding hydrogens is 305 g/mol. The molecule has 3 rings (SSSR count). The van der Waals surface area contributed by atoms with Gasteiger partial charge in [-0.1, -0.05) is 24.3 Å². The third-order valence-corrected chi connectivity index (χ3v) is 3.81. The monoisotopic (exact) mass is 323 g/mol. The Balaban J connectivity index is 1.59. The van der Waals surface area contributed by atoms with Crippen molar-refractivity contribution in [2.75, 3.05) is 0 Å². The summed E-state index contributed by atoms with van der Waals surface area (Å²) in [6.07, 6.45) is 3.62. The van der Waals surface area contributed by atoms with Crippen LogP contribution in [0.15, 0.2) is 60.9 Å². The van der Waals surface area contributed by atoms with Crippen molar-refractivity contribution in [2.24, 2.45) is 0 Å². The van der Waals surface area contributed by atoms with Crippen molar-refractivity contribution in [3.05, 3.63) is 89.0 Å². The molecule has 0 radical (unpaired) electrons. The van der Waals surface area contributed by atoms with Crippen LogP contribution in [-0.2, 0) is 13.1 Å². The molecule has 0 unspecified atom stereocenters. The number of nitrogens with zero attached hydrogens (tertiary/aromatic N) is 2. The molecule has 0 aliphatic carbocycles. The first kappa shape index (κ1) is 15.9. The molecule has 3 aromatic rings. The van der Waals surface area contributed by atoms with Gasteiger partial charge in [0, 0.05) is 24.5 Å². The van der Waals surface area contributed by atoms with E-state index in [2.05, 4.69) is 10.4 Å². The van der Waals surface area contributed by atoms with Crippen LogP contribution in [0.4, 0.5) is 4.39 Å². The average Bonchev–Trinajstić information content (AvgIpc) is 3.09. The molecule has 1 N–H and O–H groups in total. The van der Waals surface area contributed by atoms with Crippen LogP contribution < -0.4 is 5.32 Å². The van der Waals surface area contributed by atoms with E-state index >= 15 is 0 Å². The average molecular weight is 323 g/mol. The molecule has 2 aromatic carbocycles. The van der Waals surface area contributed by atoms with Gasteiger partial charge in [-0.2, -0.15) is 5.10 Å². The summed E-state index contributed by atoms with van der Waals surface area (Å²) in [6, 6.07) is 14.2. The lowest BCUT2D eigenvalue weighted by Gasteiger charge is -2.08. The van der Waals surface area contributed by atoms with Crippen LogP contribution in [0.2, 0.25) is 0 Å². The first-order chi connectivity index (χ1) is 11.6. The van der Waals surface area contributed by atoms with Crippen LogP contribution in [0.3, 0.4) is 0 Å². The van der Waals surface area contributed by atoms with Gasteiger partial charge in [-0.3, -0.25) is 9.48 Å². The Morgan fingerprint density at radius 3 is 2.58 bits per heavy atom. The second-order valence-electron chi connectivity index (χ2n) is 5.67. The fraction of sp³-hybridized carbons (Fsp3) is 0.158. The summed E-state index contributed by atoms with van der Waals surface area (Å²) in [7, 11) is 0. The van der Waals surface area contributed by atoms with E-state index in [1.165, 1.54) is 6.07 Å². The van der Waals surface area contributed by atoms with E-state index in [1.54, 1.807) is 31.3 Å². The molecular formula is C19H18FN3O. The van der Waals surface area contributed by atoms with Gasteiger partial charge in [0.2, 0.25) is 0 Å². The fourth-order valence-corrected chi connectivity index (χ4v) is 2.37. The highest BCUT2D eigenvalue weighted by molar-refractivity contribution is 5.94. The van der Waals surface area contributed by atoms with Crippen molar-refractivity contribution in [2.45, 2.75) is 20.0 Å². The SMILES string of the molecule is Cc1ccc(CNC(=O)c2ccc(Cn3cccn3)cc2)cc1F. The van der Waals surface area contributed by atoms with E-state index in [-0.39, 0.29) is 11.7 Å². The highest BCUT2D eigenvalue weighted by atomic mass is 19.1. The zero-order valence-corrected chi connectivity index (χ0v) is 13.4. The lowest BCUT2D eigenvalue weighted by atomic mass is 10.1. The number of hydrogen-bond acceptors (Lipinski definition) is 2. The number of carbonyl (C=O) groups is 1. The van der Waals surface area contributed by atoms with Crippen LogP contribution >= 0.6 is 0 Å². The molecule has 0 spiro atoms. The number of amides is 1. The van der Waals surface area contributed by atoms with E-state index < -0.39 is 0 Å². The van der Waals surface area contributed by atoms with Crippen molar-refractivity contribution in [3.63, 3.8) is 0 Å². The zero-order valence-electron chi connectivity index (χ0n) is 13.4. The Morgan fingerprint density at radius 1 is 1.17 bits per heavy atom. The molecule has 0 aliphatic heterocycles. The molecule has 0 bridgehead atoms. The minimum Gasteiger partial charge on any atom is -0.348 e. The number of benzene rings is 2. The maximum Gasteiger partial charge on any atom is 0.251 e. The van der Waals surface area contributed by atoms with Gasteiger partial charge in [0.1, 0.15) is 5.82 Å². The molecule has 0 fully saturated rings. The minimum atomic E-state index is -0.260. The molecule has 0 saturated heterocycles. The molecule has 122 valence electrons. The lowest BCUT2D eigenvalue weighted by Crippen LogP contribution is -2.22. The fourth-order valence-electron chi connectivity index (χ4n) is 2.37. The maximum atomic E-state index is 13.5. The molecule has 1 heterocycles. The predicted molar refractivity (Wildman–Crippen MR) is 90.1 cm³/mol. The minimum absolute atomic E-state index is 0.179. The molecule has 5 heteroatoms. The first-order valence-corrected chi connectivity index (χ1v) is 7.71. The van der Waals surface area contributed by atoms with Crippen molar-refractivity contribution >= 4 is 5.91 Å². The van der Waals surface area contributed by atoms with Crippen LogP contribution in [0.25, 0.3) is 0 Å². The number of aromatic nitrogens is 2.